The van der Waals surface area contributed by atoms with Crippen molar-refractivity contribution in [1.82, 2.24) is 4.98 Å². The molecule has 3 rings (SSSR count). The second kappa shape index (κ2) is 6.16. The van der Waals surface area contributed by atoms with Crippen molar-refractivity contribution in [3.8, 4) is 0 Å². The van der Waals surface area contributed by atoms with E-state index in [4.69, 9.17) is 0 Å². The molecule has 1 aromatic heterocycles. The first-order valence-corrected chi connectivity index (χ1v) is 7.61. The standard InChI is InChI=1S/C18H17F2NO2/c19-14-6-2-1-4-12(14)7-8-16(23)18(20)10-9-15(22)17-13(18)5-3-11-21-17/h1-6,11,15,22H,7-10H2/t15-,18-/m0/s1. The second-order valence-electron chi connectivity index (χ2n) is 5.81. The van der Waals surface area contributed by atoms with Gasteiger partial charge < -0.3 is 5.11 Å². The van der Waals surface area contributed by atoms with Crippen molar-refractivity contribution in [2.45, 2.75) is 37.5 Å². The van der Waals surface area contributed by atoms with E-state index < -0.39 is 23.4 Å². The van der Waals surface area contributed by atoms with Gasteiger partial charge >= 0.3 is 0 Å². The quantitative estimate of drug-likeness (QED) is 0.940. The maximum atomic E-state index is 15.3. The highest BCUT2D eigenvalue weighted by molar-refractivity contribution is 5.89. The Bertz CT molecular complexity index is 734. The second-order valence-corrected chi connectivity index (χ2v) is 5.81. The number of aromatic nitrogens is 1. The summed E-state index contributed by atoms with van der Waals surface area (Å²) in [5.74, 6) is -0.990. The molecular formula is C18H17F2NO2. The average molecular weight is 317 g/mol. The molecule has 2 aromatic rings. The maximum Gasteiger partial charge on any atom is 0.195 e. The molecule has 1 aromatic carbocycles. The lowest BCUT2D eigenvalue weighted by Crippen LogP contribution is -2.37. The summed E-state index contributed by atoms with van der Waals surface area (Å²) in [4.78, 5) is 16.5. The summed E-state index contributed by atoms with van der Waals surface area (Å²) >= 11 is 0. The van der Waals surface area contributed by atoms with Gasteiger partial charge in [0.2, 0.25) is 0 Å². The number of aliphatic hydroxyl groups excluding tert-OH is 1. The fourth-order valence-electron chi connectivity index (χ4n) is 3.06. The monoisotopic (exact) mass is 317 g/mol. The SMILES string of the molecule is O=C(CCc1ccccc1F)[C@]1(F)CC[C@H](O)c2ncccc21. The van der Waals surface area contributed by atoms with Gasteiger partial charge in [0.05, 0.1) is 11.8 Å². The van der Waals surface area contributed by atoms with Crippen molar-refractivity contribution in [3.63, 3.8) is 0 Å². The summed E-state index contributed by atoms with van der Waals surface area (Å²) in [7, 11) is 0. The molecule has 0 radical (unpaired) electrons. The van der Waals surface area contributed by atoms with Crippen LogP contribution >= 0.6 is 0 Å². The number of fused-ring (bicyclic) bond motifs is 1. The molecule has 23 heavy (non-hydrogen) atoms. The first-order valence-electron chi connectivity index (χ1n) is 7.61. The van der Waals surface area contributed by atoms with Crippen LogP contribution in [0, 0.1) is 5.82 Å². The fraction of sp³-hybridized carbons (Fsp3) is 0.333. The van der Waals surface area contributed by atoms with Gasteiger partial charge in [-0.15, -0.1) is 0 Å². The highest BCUT2D eigenvalue weighted by Crippen LogP contribution is 2.43. The van der Waals surface area contributed by atoms with Gasteiger partial charge in [0.25, 0.3) is 0 Å². The number of hydrogen-bond acceptors (Lipinski definition) is 3. The van der Waals surface area contributed by atoms with Gasteiger partial charge in [-0.05, 0) is 37.0 Å². The molecule has 120 valence electrons. The smallest absolute Gasteiger partial charge is 0.195 e. The van der Waals surface area contributed by atoms with E-state index in [9.17, 15) is 14.3 Å². The van der Waals surface area contributed by atoms with Gasteiger partial charge in [0, 0.05) is 18.2 Å². The number of ketones is 1. The summed E-state index contributed by atoms with van der Waals surface area (Å²) in [5, 5.41) is 9.93. The van der Waals surface area contributed by atoms with Gasteiger partial charge in [-0.1, -0.05) is 24.3 Å². The fourth-order valence-corrected chi connectivity index (χ4v) is 3.06. The number of aliphatic hydroxyl groups is 1. The number of halogens is 2. The van der Waals surface area contributed by atoms with Gasteiger partial charge in [0.15, 0.2) is 11.5 Å². The molecule has 1 N–H and O–H groups in total. The van der Waals surface area contributed by atoms with Crippen molar-refractivity contribution < 1.29 is 18.7 Å². The third kappa shape index (κ3) is 2.88. The zero-order valence-corrected chi connectivity index (χ0v) is 12.5. The van der Waals surface area contributed by atoms with E-state index in [0.717, 1.165) is 0 Å². The Morgan fingerprint density at radius 1 is 1.30 bits per heavy atom. The number of carbonyl (C=O) groups is 1. The Labute approximate surface area is 133 Å². The molecule has 1 aliphatic rings. The van der Waals surface area contributed by atoms with Crippen LogP contribution < -0.4 is 0 Å². The molecule has 0 saturated heterocycles. The summed E-state index contributed by atoms with van der Waals surface area (Å²) in [5.41, 5.74) is -1.40. The third-order valence-corrected chi connectivity index (χ3v) is 4.36. The zero-order valence-electron chi connectivity index (χ0n) is 12.5. The number of pyridine rings is 1. The Morgan fingerprint density at radius 3 is 2.87 bits per heavy atom. The molecule has 1 heterocycles. The number of carbonyl (C=O) groups excluding carboxylic acids is 1. The molecule has 0 saturated carbocycles. The maximum absolute atomic E-state index is 15.3. The van der Waals surface area contributed by atoms with Crippen LogP contribution in [0.2, 0.25) is 0 Å². The highest BCUT2D eigenvalue weighted by atomic mass is 19.1. The van der Waals surface area contributed by atoms with E-state index in [-0.39, 0.29) is 36.9 Å². The van der Waals surface area contributed by atoms with Crippen LogP contribution in [-0.2, 0) is 16.9 Å². The molecule has 0 amide bonds. The molecule has 5 heteroatoms. The van der Waals surface area contributed by atoms with Crippen molar-refractivity contribution in [3.05, 3.63) is 65.2 Å². The van der Waals surface area contributed by atoms with E-state index in [2.05, 4.69) is 4.98 Å². The van der Waals surface area contributed by atoms with E-state index in [1.54, 1.807) is 24.3 Å². The molecule has 2 atom stereocenters. The Morgan fingerprint density at radius 2 is 2.09 bits per heavy atom. The third-order valence-electron chi connectivity index (χ3n) is 4.36. The number of alkyl halides is 1. The number of rotatable bonds is 4. The van der Waals surface area contributed by atoms with Gasteiger partial charge in [-0.3, -0.25) is 9.78 Å². The molecule has 0 spiro atoms. The van der Waals surface area contributed by atoms with Gasteiger partial charge in [-0.25, -0.2) is 8.78 Å². The highest BCUT2D eigenvalue weighted by Gasteiger charge is 2.45. The van der Waals surface area contributed by atoms with Crippen LogP contribution in [0.4, 0.5) is 8.78 Å². The molecule has 0 fully saturated rings. The minimum absolute atomic E-state index is 0.0804. The van der Waals surface area contributed by atoms with E-state index in [1.807, 2.05) is 0 Å². The largest absolute Gasteiger partial charge is 0.387 e. The van der Waals surface area contributed by atoms with Crippen molar-refractivity contribution >= 4 is 5.78 Å². The lowest BCUT2D eigenvalue weighted by molar-refractivity contribution is -0.133. The summed E-state index contributed by atoms with van der Waals surface area (Å²) in [6, 6.07) is 9.21. The van der Waals surface area contributed by atoms with Gasteiger partial charge in [-0.2, -0.15) is 0 Å². The van der Waals surface area contributed by atoms with Crippen LogP contribution in [0.15, 0.2) is 42.6 Å². The molecule has 0 unspecified atom stereocenters. The molecule has 1 aliphatic carbocycles. The normalized spacial score (nSPS) is 23.3. The number of hydrogen-bond donors (Lipinski definition) is 1. The first kappa shape index (κ1) is 15.7. The Kier molecular flexibility index (Phi) is 4.22. The zero-order chi connectivity index (χ0) is 16.4. The summed E-state index contributed by atoms with van der Waals surface area (Å²) in [6.45, 7) is 0. The lowest BCUT2D eigenvalue weighted by atomic mass is 9.77. The Hall–Kier alpha value is -2.14. The predicted molar refractivity (Wildman–Crippen MR) is 80.9 cm³/mol. The predicted octanol–water partition coefficient (Wildman–Crippen LogP) is 3.41. The number of Topliss-reactive ketones (excluding diaryl/α,β-unsaturated/α-hetero) is 1. The van der Waals surface area contributed by atoms with E-state index in [0.29, 0.717) is 5.56 Å². The summed E-state index contributed by atoms with van der Waals surface area (Å²) < 4.78 is 29.0. The van der Waals surface area contributed by atoms with Crippen molar-refractivity contribution in [2.75, 3.05) is 0 Å². The Balaban J connectivity index is 1.82. The van der Waals surface area contributed by atoms with E-state index >= 15 is 4.39 Å². The molecule has 3 nitrogen and oxygen atoms in total. The molecule has 0 bridgehead atoms. The average Bonchev–Trinajstić information content (AvgIpc) is 2.57. The van der Waals surface area contributed by atoms with Crippen LogP contribution in [0.25, 0.3) is 0 Å². The minimum Gasteiger partial charge on any atom is -0.387 e. The number of nitrogens with zero attached hydrogens (tertiary/aromatic N) is 1. The number of benzene rings is 1. The first-order chi connectivity index (χ1) is 11.0. The van der Waals surface area contributed by atoms with Crippen LogP contribution in [-0.4, -0.2) is 15.9 Å². The lowest BCUT2D eigenvalue weighted by Gasteiger charge is -2.32. The van der Waals surface area contributed by atoms with Crippen molar-refractivity contribution in [2.24, 2.45) is 0 Å². The summed E-state index contributed by atoms with van der Waals surface area (Å²) in [6.07, 6.45) is 0.735. The van der Waals surface area contributed by atoms with Crippen LogP contribution in [0.1, 0.15) is 42.2 Å². The van der Waals surface area contributed by atoms with E-state index in [1.165, 1.54) is 18.3 Å². The topological polar surface area (TPSA) is 50.2 Å². The molecule has 0 aliphatic heterocycles. The van der Waals surface area contributed by atoms with Gasteiger partial charge in [0.1, 0.15) is 5.82 Å². The minimum atomic E-state index is -2.16. The van der Waals surface area contributed by atoms with Crippen LogP contribution in [0.5, 0.6) is 0 Å². The van der Waals surface area contributed by atoms with Crippen LogP contribution in [0.3, 0.4) is 0 Å². The number of aryl methyl sites for hydroxylation is 1. The van der Waals surface area contributed by atoms with Crippen molar-refractivity contribution in [1.29, 1.82) is 0 Å². The molecular weight excluding hydrogens is 300 g/mol.